The number of carbonyl (C=O) groups excluding carboxylic acids is 1. The van der Waals surface area contributed by atoms with Crippen LogP contribution in [0.3, 0.4) is 0 Å². The minimum absolute atomic E-state index is 0.102. The zero-order valence-corrected chi connectivity index (χ0v) is 15.8. The number of thioether (sulfide) groups is 1. The smallest absolute Gasteiger partial charge is 0.250 e. The second-order valence-electron chi connectivity index (χ2n) is 7.00. The quantitative estimate of drug-likeness (QED) is 0.572. The van der Waals surface area contributed by atoms with Crippen molar-refractivity contribution in [3.05, 3.63) is 34.9 Å². The highest BCUT2D eigenvalue weighted by Gasteiger charge is 2.39. The molecule has 8 heteroatoms. The first kappa shape index (κ1) is 18.7. The number of halogens is 1. The van der Waals surface area contributed by atoms with Crippen molar-refractivity contribution in [3.8, 4) is 0 Å². The van der Waals surface area contributed by atoms with Crippen LogP contribution in [0.25, 0.3) is 0 Å². The Morgan fingerprint density at radius 2 is 2.27 bits per heavy atom. The van der Waals surface area contributed by atoms with E-state index in [9.17, 15) is 9.18 Å². The van der Waals surface area contributed by atoms with E-state index in [0.717, 1.165) is 43.4 Å². The molecule has 1 fully saturated rings. The maximum Gasteiger partial charge on any atom is 0.250 e. The van der Waals surface area contributed by atoms with Gasteiger partial charge < -0.3 is 26.7 Å². The minimum atomic E-state index is -0.692. The van der Waals surface area contributed by atoms with Gasteiger partial charge in [0, 0.05) is 36.0 Å². The Labute approximate surface area is 156 Å². The molecule has 0 spiro atoms. The summed E-state index contributed by atoms with van der Waals surface area (Å²) >= 11 is 1.82. The van der Waals surface area contributed by atoms with Gasteiger partial charge in [-0.25, -0.2) is 4.39 Å². The number of carbonyl (C=O) groups is 1. The number of nitrogens with two attached hydrogens (primary N) is 1. The summed E-state index contributed by atoms with van der Waals surface area (Å²) in [5.41, 5.74) is 7.04. The van der Waals surface area contributed by atoms with Crippen LogP contribution in [0, 0.1) is 16.6 Å². The van der Waals surface area contributed by atoms with E-state index >= 15 is 0 Å². The number of anilines is 2. The Kier molecular flexibility index (Phi) is 5.24. The number of benzene rings is 1. The first-order valence-electron chi connectivity index (χ1n) is 8.52. The molecule has 2 heterocycles. The highest BCUT2D eigenvalue weighted by atomic mass is 32.2. The third-order valence-electron chi connectivity index (χ3n) is 5.11. The van der Waals surface area contributed by atoms with Gasteiger partial charge >= 0.3 is 0 Å². The SMILES string of the molecule is CSCCN1CCC(C)(/C(C=N)=C2\Nc3cc(F)cc(C(N)=O)c3N2)C1. The summed E-state index contributed by atoms with van der Waals surface area (Å²) in [6.07, 6.45) is 4.38. The Morgan fingerprint density at radius 3 is 2.92 bits per heavy atom. The number of likely N-dealkylation sites (tertiary alicyclic amines) is 1. The Bertz CT molecular complexity index is 781. The van der Waals surface area contributed by atoms with E-state index in [1.807, 2.05) is 11.8 Å². The first-order valence-corrected chi connectivity index (χ1v) is 9.91. The molecule has 1 atom stereocenters. The lowest BCUT2D eigenvalue weighted by Crippen LogP contribution is -2.30. The Balaban J connectivity index is 1.91. The van der Waals surface area contributed by atoms with E-state index < -0.39 is 11.7 Å². The summed E-state index contributed by atoms with van der Waals surface area (Å²) in [6, 6.07) is 2.45. The zero-order chi connectivity index (χ0) is 18.9. The third-order valence-corrected chi connectivity index (χ3v) is 5.70. The van der Waals surface area contributed by atoms with Gasteiger partial charge in [-0.3, -0.25) is 4.79 Å². The fraction of sp³-hybridized carbons (Fsp3) is 0.444. The highest BCUT2D eigenvalue weighted by molar-refractivity contribution is 7.98. The lowest BCUT2D eigenvalue weighted by atomic mass is 9.81. The van der Waals surface area contributed by atoms with Crippen LogP contribution in [0.15, 0.2) is 23.5 Å². The van der Waals surface area contributed by atoms with Crippen LogP contribution in [0.2, 0.25) is 0 Å². The number of amides is 1. The summed E-state index contributed by atoms with van der Waals surface area (Å²) in [4.78, 5) is 14.0. The van der Waals surface area contributed by atoms with Crippen LogP contribution in [-0.2, 0) is 0 Å². The summed E-state index contributed by atoms with van der Waals surface area (Å²) in [6.45, 7) is 5.01. The van der Waals surface area contributed by atoms with E-state index in [1.165, 1.54) is 12.3 Å². The summed E-state index contributed by atoms with van der Waals surface area (Å²) < 4.78 is 13.8. The third kappa shape index (κ3) is 3.43. The molecule has 6 nitrogen and oxygen atoms in total. The average molecular weight is 377 g/mol. The van der Waals surface area contributed by atoms with E-state index in [1.54, 1.807) is 0 Å². The van der Waals surface area contributed by atoms with Gasteiger partial charge in [0.05, 0.1) is 16.9 Å². The largest absolute Gasteiger partial charge is 0.366 e. The molecular formula is C18H24FN5OS. The van der Waals surface area contributed by atoms with E-state index in [2.05, 4.69) is 28.7 Å². The van der Waals surface area contributed by atoms with Crippen molar-refractivity contribution in [2.75, 3.05) is 42.3 Å². The Morgan fingerprint density at radius 1 is 1.50 bits per heavy atom. The summed E-state index contributed by atoms with van der Waals surface area (Å²) in [7, 11) is 0. The van der Waals surface area contributed by atoms with Crippen molar-refractivity contribution in [1.82, 2.24) is 4.90 Å². The number of hydrogen-bond acceptors (Lipinski definition) is 6. The number of hydrogen-bond donors (Lipinski definition) is 4. The maximum absolute atomic E-state index is 13.8. The zero-order valence-electron chi connectivity index (χ0n) is 15.0. The molecule has 1 aromatic rings. The molecule has 1 unspecified atom stereocenters. The van der Waals surface area contributed by atoms with Gasteiger partial charge in [-0.2, -0.15) is 11.8 Å². The molecule has 0 radical (unpaired) electrons. The monoisotopic (exact) mass is 377 g/mol. The van der Waals surface area contributed by atoms with Gasteiger partial charge in [0.25, 0.3) is 5.91 Å². The molecule has 140 valence electrons. The molecule has 1 saturated heterocycles. The molecule has 0 saturated carbocycles. The molecule has 0 aliphatic carbocycles. The number of rotatable bonds is 6. The van der Waals surface area contributed by atoms with Crippen LogP contribution in [0.5, 0.6) is 0 Å². The van der Waals surface area contributed by atoms with E-state index in [-0.39, 0.29) is 11.0 Å². The van der Waals surface area contributed by atoms with Gasteiger partial charge in [0.1, 0.15) is 11.6 Å². The van der Waals surface area contributed by atoms with Crippen LogP contribution < -0.4 is 16.4 Å². The fourth-order valence-electron chi connectivity index (χ4n) is 3.70. The summed E-state index contributed by atoms with van der Waals surface area (Å²) in [5, 5.41) is 14.2. The van der Waals surface area contributed by atoms with Gasteiger partial charge in [0.2, 0.25) is 0 Å². The molecule has 0 aromatic heterocycles. The highest BCUT2D eigenvalue weighted by Crippen LogP contribution is 2.42. The lowest BCUT2D eigenvalue weighted by Gasteiger charge is -2.27. The molecule has 26 heavy (non-hydrogen) atoms. The molecular weight excluding hydrogens is 353 g/mol. The van der Waals surface area contributed by atoms with E-state index in [0.29, 0.717) is 17.2 Å². The first-order chi connectivity index (χ1) is 12.4. The number of fused-ring (bicyclic) bond motifs is 1. The van der Waals surface area contributed by atoms with Crippen LogP contribution >= 0.6 is 11.8 Å². The molecule has 2 aliphatic heterocycles. The standard InChI is InChI=1S/C18H24FN5OS/c1-18(3-4-24(10-18)5-6-26-2)13(9-20)17-22-14-8-11(19)7-12(16(21)25)15(14)23-17/h7-9,20,22-23H,3-6,10H2,1-2H3,(H2,21,25)/b17-13+,20-9?. The Hall–Kier alpha value is -2.06. The predicted octanol–water partition coefficient (Wildman–Crippen LogP) is 2.70. The normalized spacial score (nSPS) is 24.0. The molecule has 2 aliphatic rings. The van der Waals surface area contributed by atoms with Crippen molar-refractivity contribution in [3.63, 3.8) is 0 Å². The molecule has 0 bridgehead atoms. The van der Waals surface area contributed by atoms with Crippen molar-refractivity contribution >= 4 is 35.3 Å². The molecule has 1 aromatic carbocycles. The van der Waals surface area contributed by atoms with Crippen LogP contribution in [0.1, 0.15) is 23.7 Å². The maximum atomic E-state index is 13.8. The van der Waals surface area contributed by atoms with Gasteiger partial charge in [-0.15, -0.1) is 0 Å². The summed E-state index contributed by atoms with van der Waals surface area (Å²) in [5.74, 6) is 0.482. The van der Waals surface area contributed by atoms with E-state index in [4.69, 9.17) is 11.1 Å². The number of primary amides is 1. The number of nitrogens with zero attached hydrogens (tertiary/aromatic N) is 1. The van der Waals surface area contributed by atoms with Crippen LogP contribution in [0.4, 0.5) is 15.8 Å². The second-order valence-corrected chi connectivity index (χ2v) is 7.99. The van der Waals surface area contributed by atoms with Gasteiger partial charge in [0.15, 0.2) is 0 Å². The topological polar surface area (TPSA) is 94.2 Å². The number of nitrogens with one attached hydrogen (secondary N) is 3. The fourth-order valence-corrected chi connectivity index (χ4v) is 4.14. The average Bonchev–Trinajstić information content (AvgIpc) is 3.16. The molecule has 3 rings (SSSR count). The van der Waals surface area contributed by atoms with Crippen molar-refractivity contribution in [2.45, 2.75) is 13.3 Å². The molecule has 5 N–H and O–H groups in total. The predicted molar refractivity (Wildman–Crippen MR) is 106 cm³/mol. The van der Waals surface area contributed by atoms with Crippen molar-refractivity contribution in [1.29, 1.82) is 5.41 Å². The van der Waals surface area contributed by atoms with Crippen LogP contribution in [-0.4, -0.2) is 48.7 Å². The lowest BCUT2D eigenvalue weighted by molar-refractivity contribution is 0.100. The second kappa shape index (κ2) is 7.28. The minimum Gasteiger partial charge on any atom is -0.366 e. The van der Waals surface area contributed by atoms with Crippen molar-refractivity contribution in [2.24, 2.45) is 11.1 Å². The van der Waals surface area contributed by atoms with Gasteiger partial charge in [-0.05, 0) is 31.4 Å². The van der Waals surface area contributed by atoms with Crippen molar-refractivity contribution < 1.29 is 9.18 Å². The van der Waals surface area contributed by atoms with Gasteiger partial charge in [-0.1, -0.05) is 6.92 Å². The molecule has 1 amide bonds.